The van der Waals surface area contributed by atoms with Crippen LogP contribution in [0.1, 0.15) is 40.5 Å². The van der Waals surface area contributed by atoms with Crippen LogP contribution in [0.5, 0.6) is 0 Å². The highest BCUT2D eigenvalue weighted by Gasteiger charge is 2.09. The second-order valence-corrected chi connectivity index (χ2v) is 4.58. The molecule has 2 N–H and O–H groups in total. The molecule has 0 rings (SSSR count). The molecule has 0 unspecified atom stereocenters. The van der Waals surface area contributed by atoms with E-state index in [2.05, 4.69) is 13.8 Å². The van der Waals surface area contributed by atoms with Crippen molar-refractivity contribution in [2.24, 2.45) is 11.7 Å². The van der Waals surface area contributed by atoms with Gasteiger partial charge in [0.05, 0.1) is 6.61 Å². The van der Waals surface area contributed by atoms with Gasteiger partial charge in [-0.2, -0.15) is 0 Å². The summed E-state index contributed by atoms with van der Waals surface area (Å²) < 4.78 is 5.42. The minimum atomic E-state index is -0.183. The van der Waals surface area contributed by atoms with E-state index in [0.717, 1.165) is 18.9 Å². The first kappa shape index (κ1) is 11.9. The van der Waals surface area contributed by atoms with E-state index in [0.29, 0.717) is 6.61 Å². The topological polar surface area (TPSA) is 35.2 Å². The fourth-order valence-corrected chi connectivity index (χ4v) is 0.929. The fourth-order valence-electron chi connectivity index (χ4n) is 0.929. The molecule has 0 saturated heterocycles. The normalized spacial score (nSPS) is 12.5. The van der Waals surface area contributed by atoms with Crippen LogP contribution in [0.2, 0.25) is 0 Å². The van der Waals surface area contributed by atoms with Crippen LogP contribution in [-0.4, -0.2) is 18.8 Å². The average Bonchev–Trinajstić information content (AvgIpc) is 1.83. The fraction of sp³-hybridized carbons (Fsp3) is 1.00. The van der Waals surface area contributed by atoms with Crippen molar-refractivity contribution in [1.29, 1.82) is 0 Å². The van der Waals surface area contributed by atoms with Crippen molar-refractivity contribution in [3.05, 3.63) is 0 Å². The van der Waals surface area contributed by atoms with Crippen LogP contribution in [-0.2, 0) is 4.74 Å². The van der Waals surface area contributed by atoms with Crippen molar-refractivity contribution >= 4 is 0 Å². The van der Waals surface area contributed by atoms with Crippen LogP contribution in [0.25, 0.3) is 0 Å². The van der Waals surface area contributed by atoms with E-state index in [4.69, 9.17) is 10.5 Å². The summed E-state index contributed by atoms with van der Waals surface area (Å²) in [5.41, 5.74) is 5.57. The number of rotatable bonds is 6. The molecule has 0 aromatic rings. The van der Waals surface area contributed by atoms with E-state index < -0.39 is 0 Å². The van der Waals surface area contributed by atoms with Gasteiger partial charge in [0.25, 0.3) is 0 Å². The zero-order chi connectivity index (χ0) is 9.61. The summed E-state index contributed by atoms with van der Waals surface area (Å²) in [6, 6.07) is 0. The zero-order valence-electron chi connectivity index (χ0n) is 8.89. The first-order valence-electron chi connectivity index (χ1n) is 4.78. The highest BCUT2D eigenvalue weighted by molar-refractivity contribution is 4.69. The van der Waals surface area contributed by atoms with E-state index in [1.807, 2.05) is 13.8 Å². The molecule has 0 aromatic heterocycles. The second-order valence-electron chi connectivity index (χ2n) is 4.58. The predicted molar refractivity (Wildman–Crippen MR) is 53.2 cm³/mol. The third-order valence-corrected chi connectivity index (χ3v) is 1.54. The van der Waals surface area contributed by atoms with E-state index in [1.54, 1.807) is 0 Å². The number of ether oxygens (including phenoxy) is 1. The molecule has 0 aromatic carbocycles. The second kappa shape index (κ2) is 5.55. The Morgan fingerprint density at radius 1 is 1.33 bits per heavy atom. The summed E-state index contributed by atoms with van der Waals surface area (Å²) in [7, 11) is 0. The van der Waals surface area contributed by atoms with Gasteiger partial charge in [0.2, 0.25) is 0 Å². The standard InChI is InChI=1S/C10H23NO/c1-9(2)6-5-7-12-8-10(3,4)11/h9H,5-8,11H2,1-4H3. The molecular formula is C10H23NO. The maximum Gasteiger partial charge on any atom is 0.0640 e. The van der Waals surface area contributed by atoms with E-state index in [-0.39, 0.29) is 5.54 Å². The minimum Gasteiger partial charge on any atom is -0.380 e. The highest BCUT2D eigenvalue weighted by atomic mass is 16.5. The SMILES string of the molecule is CC(C)CCCOCC(C)(C)N. The molecule has 0 fully saturated rings. The molecule has 0 bridgehead atoms. The first-order chi connectivity index (χ1) is 5.42. The summed E-state index contributed by atoms with van der Waals surface area (Å²) in [5, 5.41) is 0. The molecule has 74 valence electrons. The lowest BCUT2D eigenvalue weighted by atomic mass is 10.1. The molecule has 0 amide bonds. The van der Waals surface area contributed by atoms with Gasteiger partial charge in [-0.15, -0.1) is 0 Å². The molecule has 0 aliphatic rings. The lowest BCUT2D eigenvalue weighted by Crippen LogP contribution is -2.37. The summed E-state index contributed by atoms with van der Waals surface area (Å²) >= 11 is 0. The predicted octanol–water partition coefficient (Wildman–Crippen LogP) is 2.18. The maximum absolute atomic E-state index is 5.75. The van der Waals surface area contributed by atoms with Crippen molar-refractivity contribution in [2.75, 3.05) is 13.2 Å². The van der Waals surface area contributed by atoms with Gasteiger partial charge in [0.1, 0.15) is 0 Å². The maximum atomic E-state index is 5.75. The summed E-state index contributed by atoms with van der Waals surface area (Å²) in [4.78, 5) is 0. The van der Waals surface area contributed by atoms with Crippen LogP contribution < -0.4 is 5.73 Å². The third kappa shape index (κ3) is 9.92. The zero-order valence-corrected chi connectivity index (χ0v) is 8.89. The van der Waals surface area contributed by atoms with E-state index in [9.17, 15) is 0 Å². The molecule has 0 aliphatic carbocycles. The van der Waals surface area contributed by atoms with Crippen molar-refractivity contribution in [1.82, 2.24) is 0 Å². The van der Waals surface area contributed by atoms with Gasteiger partial charge >= 0.3 is 0 Å². The Labute approximate surface area is 76.5 Å². The van der Waals surface area contributed by atoms with Crippen LogP contribution in [0.15, 0.2) is 0 Å². The van der Waals surface area contributed by atoms with Gasteiger partial charge in [-0.05, 0) is 32.6 Å². The van der Waals surface area contributed by atoms with Gasteiger partial charge in [0.15, 0.2) is 0 Å². The summed E-state index contributed by atoms with van der Waals surface area (Å²) in [6.07, 6.45) is 2.39. The molecule has 12 heavy (non-hydrogen) atoms. The Morgan fingerprint density at radius 3 is 2.33 bits per heavy atom. The molecule has 2 nitrogen and oxygen atoms in total. The van der Waals surface area contributed by atoms with Crippen LogP contribution in [0.4, 0.5) is 0 Å². The Balaban J connectivity index is 3.12. The molecule has 0 radical (unpaired) electrons. The van der Waals surface area contributed by atoms with Gasteiger partial charge in [-0.25, -0.2) is 0 Å². The van der Waals surface area contributed by atoms with Crippen molar-refractivity contribution < 1.29 is 4.74 Å². The van der Waals surface area contributed by atoms with Gasteiger partial charge in [-0.3, -0.25) is 0 Å². The Kier molecular flexibility index (Phi) is 5.51. The summed E-state index contributed by atoms with van der Waals surface area (Å²) in [5.74, 6) is 0.777. The Morgan fingerprint density at radius 2 is 1.92 bits per heavy atom. The lowest BCUT2D eigenvalue weighted by Gasteiger charge is -2.18. The Bertz CT molecular complexity index is 105. The van der Waals surface area contributed by atoms with E-state index in [1.165, 1.54) is 6.42 Å². The van der Waals surface area contributed by atoms with Crippen LogP contribution >= 0.6 is 0 Å². The van der Waals surface area contributed by atoms with Gasteiger partial charge < -0.3 is 10.5 Å². The molecular weight excluding hydrogens is 150 g/mol. The van der Waals surface area contributed by atoms with E-state index >= 15 is 0 Å². The van der Waals surface area contributed by atoms with Crippen LogP contribution in [0.3, 0.4) is 0 Å². The quantitative estimate of drug-likeness (QED) is 0.625. The Hall–Kier alpha value is -0.0800. The number of hydrogen-bond acceptors (Lipinski definition) is 2. The molecule has 2 heteroatoms. The monoisotopic (exact) mass is 173 g/mol. The molecule has 0 spiro atoms. The molecule has 0 heterocycles. The number of hydrogen-bond donors (Lipinski definition) is 1. The van der Waals surface area contributed by atoms with Crippen molar-refractivity contribution in [2.45, 2.75) is 46.1 Å². The van der Waals surface area contributed by atoms with Crippen molar-refractivity contribution in [3.8, 4) is 0 Å². The number of nitrogens with two attached hydrogens (primary N) is 1. The largest absolute Gasteiger partial charge is 0.380 e. The van der Waals surface area contributed by atoms with Crippen LogP contribution in [0, 0.1) is 5.92 Å². The smallest absolute Gasteiger partial charge is 0.0640 e. The summed E-state index contributed by atoms with van der Waals surface area (Å²) in [6.45, 7) is 9.93. The molecule has 0 saturated carbocycles. The average molecular weight is 173 g/mol. The van der Waals surface area contributed by atoms with Gasteiger partial charge in [-0.1, -0.05) is 13.8 Å². The molecule has 0 atom stereocenters. The highest BCUT2D eigenvalue weighted by Crippen LogP contribution is 2.04. The van der Waals surface area contributed by atoms with Gasteiger partial charge in [0, 0.05) is 12.1 Å². The minimum absolute atomic E-state index is 0.183. The lowest BCUT2D eigenvalue weighted by molar-refractivity contribution is 0.0926. The first-order valence-corrected chi connectivity index (χ1v) is 4.78. The molecule has 0 aliphatic heterocycles. The third-order valence-electron chi connectivity index (χ3n) is 1.54. The van der Waals surface area contributed by atoms with Crippen molar-refractivity contribution in [3.63, 3.8) is 0 Å².